The second-order valence-electron chi connectivity index (χ2n) is 11.6. The number of carboxylic acid groups (broad SMARTS) is 1. The Morgan fingerprint density at radius 1 is 0.976 bits per heavy atom. The van der Waals surface area contributed by atoms with Crippen molar-refractivity contribution in [1.82, 2.24) is 9.80 Å². The Morgan fingerprint density at radius 3 is 2.32 bits per heavy atom. The van der Waals surface area contributed by atoms with Gasteiger partial charge in [0, 0.05) is 31.6 Å². The van der Waals surface area contributed by atoms with Crippen LogP contribution in [0.1, 0.15) is 69.9 Å². The molecule has 0 saturated carbocycles. The summed E-state index contributed by atoms with van der Waals surface area (Å²) in [5, 5.41) is 10.2. The predicted molar refractivity (Wildman–Crippen MR) is 160 cm³/mol. The molecule has 1 amide bonds. The number of unbranched alkanes of at least 4 members (excludes halogenated alkanes) is 1. The van der Waals surface area contributed by atoms with Gasteiger partial charge in [-0.3, -0.25) is 9.59 Å². The summed E-state index contributed by atoms with van der Waals surface area (Å²) in [6.45, 7) is 4.79. The molecule has 216 valence electrons. The lowest BCUT2D eigenvalue weighted by atomic mass is 9.85. The van der Waals surface area contributed by atoms with E-state index < -0.39 is 17.6 Å². The van der Waals surface area contributed by atoms with Gasteiger partial charge in [-0.05, 0) is 75.3 Å². The third kappa shape index (κ3) is 6.30. The molecule has 2 heterocycles. The first-order chi connectivity index (χ1) is 19.9. The number of carboxylic acids is 1. The Kier molecular flexibility index (Phi) is 9.03. The number of amides is 1. The zero-order valence-corrected chi connectivity index (χ0v) is 24.0. The van der Waals surface area contributed by atoms with Gasteiger partial charge >= 0.3 is 5.97 Å². The van der Waals surface area contributed by atoms with Crippen molar-refractivity contribution in [3.8, 4) is 0 Å². The number of carbonyl (C=O) groups excluding carboxylic acids is 2. The maximum absolute atomic E-state index is 14.2. The average molecular weight is 556 g/mol. The minimum atomic E-state index is -1.03. The van der Waals surface area contributed by atoms with Crippen molar-refractivity contribution in [1.29, 1.82) is 0 Å². The Balaban J connectivity index is 1.22. The van der Waals surface area contributed by atoms with Crippen LogP contribution in [0.3, 0.4) is 0 Å². The topological polar surface area (TPSA) is 81.2 Å². The van der Waals surface area contributed by atoms with E-state index in [2.05, 4.69) is 28.9 Å². The number of aliphatic carboxylic acids is 1. The highest BCUT2D eigenvalue weighted by Gasteiger charge is 2.56. The van der Waals surface area contributed by atoms with Gasteiger partial charge < -0.3 is 19.8 Å². The summed E-state index contributed by atoms with van der Waals surface area (Å²) in [5.74, 6) is -0.818. The number of benzene rings is 2. The molecule has 2 fully saturated rings. The molecule has 0 radical (unpaired) electrons. The number of likely N-dealkylation sites (tertiary alicyclic amines) is 1. The number of allylic oxidation sites excluding steroid dienone is 4. The number of rotatable bonds is 11. The van der Waals surface area contributed by atoms with E-state index in [1.807, 2.05) is 48.5 Å². The number of para-hydroxylation sites is 1. The number of hydrogen-bond acceptors (Lipinski definition) is 5. The highest BCUT2D eigenvalue weighted by molar-refractivity contribution is 5.96. The molecule has 1 atom stereocenters. The van der Waals surface area contributed by atoms with Crippen LogP contribution in [0.5, 0.6) is 0 Å². The van der Waals surface area contributed by atoms with Crippen LogP contribution < -0.4 is 4.90 Å². The van der Waals surface area contributed by atoms with E-state index in [4.69, 9.17) is 0 Å². The first-order valence-electron chi connectivity index (χ1n) is 14.9. The maximum atomic E-state index is 14.2. The number of piperidine rings is 1. The smallest absolute Gasteiger partial charge is 0.331 e. The lowest BCUT2D eigenvalue weighted by molar-refractivity contribution is -0.150. The zero-order valence-electron chi connectivity index (χ0n) is 24.0. The number of Topliss-reactive ketones (excluding diaryl/α,β-unsaturated/α-hetero) is 1. The third-order valence-corrected chi connectivity index (χ3v) is 9.00. The molecule has 0 aromatic heterocycles. The molecule has 2 saturated heterocycles. The maximum Gasteiger partial charge on any atom is 0.331 e. The first-order valence-corrected chi connectivity index (χ1v) is 14.9. The van der Waals surface area contributed by atoms with Crippen LogP contribution >= 0.6 is 0 Å². The summed E-state index contributed by atoms with van der Waals surface area (Å²) < 4.78 is 0. The van der Waals surface area contributed by atoms with Crippen LogP contribution in [-0.4, -0.2) is 64.4 Å². The summed E-state index contributed by atoms with van der Waals surface area (Å²) in [7, 11) is 0. The fourth-order valence-electron chi connectivity index (χ4n) is 6.59. The van der Waals surface area contributed by atoms with Gasteiger partial charge in [-0.25, -0.2) is 4.79 Å². The lowest BCUT2D eigenvalue weighted by Crippen LogP contribution is -2.56. The Bertz CT molecular complexity index is 1300. The monoisotopic (exact) mass is 555 g/mol. The largest absolute Gasteiger partial charge is 0.479 e. The Labute approximate surface area is 243 Å². The van der Waals surface area contributed by atoms with Crippen molar-refractivity contribution in [2.24, 2.45) is 0 Å². The van der Waals surface area contributed by atoms with Gasteiger partial charge in [-0.2, -0.15) is 0 Å². The van der Waals surface area contributed by atoms with Crippen LogP contribution in [0.15, 0.2) is 84.0 Å². The molecule has 1 N–H and O–H groups in total. The van der Waals surface area contributed by atoms with Gasteiger partial charge in [-0.1, -0.05) is 66.3 Å². The fourth-order valence-corrected chi connectivity index (χ4v) is 6.59. The summed E-state index contributed by atoms with van der Waals surface area (Å²) in [5.41, 5.74) is 3.31. The molecule has 41 heavy (non-hydrogen) atoms. The SMILES string of the molecule is CC1=C(CC(=O)CCCCN2CCC3(CC2)C(=O)N([C@H](C(=O)O)c2ccccc2)CN3c2ccccc2)C=CCC1. The number of carbonyl (C=O) groups is 3. The van der Waals surface area contributed by atoms with E-state index in [0.29, 0.717) is 37.0 Å². The van der Waals surface area contributed by atoms with Crippen LogP contribution in [-0.2, 0) is 14.4 Å². The summed E-state index contributed by atoms with van der Waals surface area (Å²) in [4.78, 5) is 45.2. The number of hydrogen-bond donors (Lipinski definition) is 1. The Hall–Kier alpha value is -3.71. The van der Waals surface area contributed by atoms with Gasteiger partial charge in [0.25, 0.3) is 5.91 Å². The minimum absolute atomic E-state index is 0.107. The molecule has 2 aromatic rings. The molecule has 1 aliphatic carbocycles. The quantitative estimate of drug-likeness (QED) is 0.356. The van der Waals surface area contributed by atoms with Crippen molar-refractivity contribution in [2.45, 2.75) is 69.9 Å². The zero-order chi connectivity index (χ0) is 28.8. The van der Waals surface area contributed by atoms with Crippen molar-refractivity contribution in [2.75, 3.05) is 31.2 Å². The lowest BCUT2D eigenvalue weighted by Gasteiger charge is -2.43. The first kappa shape index (κ1) is 28.8. The third-order valence-electron chi connectivity index (χ3n) is 9.00. The van der Waals surface area contributed by atoms with E-state index in [1.54, 1.807) is 17.0 Å². The molecule has 7 nitrogen and oxygen atoms in total. The molecular weight excluding hydrogens is 514 g/mol. The second-order valence-corrected chi connectivity index (χ2v) is 11.6. The van der Waals surface area contributed by atoms with E-state index in [1.165, 1.54) is 11.1 Å². The van der Waals surface area contributed by atoms with Crippen LogP contribution in [0.2, 0.25) is 0 Å². The van der Waals surface area contributed by atoms with Crippen molar-refractivity contribution in [3.63, 3.8) is 0 Å². The van der Waals surface area contributed by atoms with Gasteiger partial charge in [0.05, 0.1) is 6.67 Å². The fraction of sp³-hybridized carbons (Fsp3) is 0.441. The highest BCUT2D eigenvalue weighted by atomic mass is 16.4. The van der Waals surface area contributed by atoms with Gasteiger partial charge in [-0.15, -0.1) is 0 Å². The van der Waals surface area contributed by atoms with Crippen molar-refractivity contribution in [3.05, 3.63) is 89.5 Å². The Morgan fingerprint density at radius 2 is 1.66 bits per heavy atom. The molecule has 0 bridgehead atoms. The molecule has 1 spiro atoms. The van der Waals surface area contributed by atoms with E-state index in [-0.39, 0.29) is 12.6 Å². The number of anilines is 1. The van der Waals surface area contributed by atoms with E-state index in [9.17, 15) is 19.5 Å². The van der Waals surface area contributed by atoms with E-state index in [0.717, 1.165) is 51.0 Å². The summed E-state index contributed by atoms with van der Waals surface area (Å²) in [6, 6.07) is 17.9. The van der Waals surface area contributed by atoms with Gasteiger partial charge in [0.2, 0.25) is 0 Å². The molecular formula is C34H41N3O4. The van der Waals surface area contributed by atoms with Crippen LogP contribution in [0.25, 0.3) is 0 Å². The highest BCUT2D eigenvalue weighted by Crippen LogP contribution is 2.42. The molecule has 0 unspecified atom stereocenters. The number of ketones is 1. The molecule has 3 aliphatic rings. The van der Waals surface area contributed by atoms with Gasteiger partial charge in [0.15, 0.2) is 6.04 Å². The standard InChI is InChI=1S/C34H41N3O4/c1-26-12-8-9-15-28(26)24-30(38)18-10-11-21-35-22-19-34(20-23-35)33(41)36(25-37(34)29-16-6-3-7-17-29)31(32(39)40)27-13-4-2-5-14-27/h2-7,9,13-17,31H,8,10-12,18-25H2,1H3,(H,39,40)/t31-/m0/s1. The summed E-state index contributed by atoms with van der Waals surface area (Å²) >= 11 is 0. The van der Waals surface area contributed by atoms with Gasteiger partial charge in [0.1, 0.15) is 11.3 Å². The van der Waals surface area contributed by atoms with Crippen LogP contribution in [0, 0.1) is 0 Å². The number of nitrogens with zero attached hydrogens (tertiary/aromatic N) is 3. The molecule has 2 aliphatic heterocycles. The van der Waals surface area contributed by atoms with Crippen LogP contribution in [0.4, 0.5) is 5.69 Å². The van der Waals surface area contributed by atoms with Crippen molar-refractivity contribution < 1.29 is 19.5 Å². The van der Waals surface area contributed by atoms with E-state index >= 15 is 0 Å². The molecule has 7 heteroatoms. The van der Waals surface area contributed by atoms with Crippen molar-refractivity contribution >= 4 is 23.3 Å². The average Bonchev–Trinajstić information content (AvgIpc) is 3.25. The molecule has 5 rings (SSSR count). The summed E-state index contributed by atoms with van der Waals surface area (Å²) in [6.07, 6.45) is 10.6. The molecule has 2 aromatic carbocycles. The normalized spacial score (nSPS) is 19.7. The minimum Gasteiger partial charge on any atom is -0.479 e. The predicted octanol–water partition coefficient (Wildman–Crippen LogP) is 5.75. The second kappa shape index (κ2) is 12.9.